The first-order valence-electron chi connectivity index (χ1n) is 9.46. The molecule has 0 fully saturated rings. The predicted octanol–water partition coefficient (Wildman–Crippen LogP) is 4.45. The molecular weight excluding hydrogens is 386 g/mol. The molecule has 0 saturated carbocycles. The Morgan fingerprint density at radius 3 is 2.13 bits per heavy atom. The van der Waals surface area contributed by atoms with Crippen molar-refractivity contribution in [1.29, 1.82) is 0 Å². The van der Waals surface area contributed by atoms with Gasteiger partial charge in [-0.1, -0.05) is 0 Å². The zero-order chi connectivity index (χ0) is 22.1. The van der Waals surface area contributed by atoms with E-state index < -0.39 is 11.4 Å². The van der Waals surface area contributed by atoms with E-state index >= 15 is 0 Å². The fourth-order valence-electron chi connectivity index (χ4n) is 3.46. The summed E-state index contributed by atoms with van der Waals surface area (Å²) in [6.07, 6.45) is 0. The third kappa shape index (κ3) is 3.75. The molecule has 0 spiro atoms. The lowest BCUT2D eigenvalue weighted by Crippen LogP contribution is -2.29. The van der Waals surface area contributed by atoms with Crippen LogP contribution in [0.4, 0.5) is 0 Å². The van der Waals surface area contributed by atoms with E-state index in [2.05, 4.69) is 0 Å². The van der Waals surface area contributed by atoms with Gasteiger partial charge in [0, 0.05) is 29.6 Å². The summed E-state index contributed by atoms with van der Waals surface area (Å²) in [5, 5.41) is 10.6. The number of nitrogens with zero attached hydrogens (tertiary/aromatic N) is 1. The number of benzene rings is 2. The van der Waals surface area contributed by atoms with Crippen molar-refractivity contribution in [1.82, 2.24) is 4.57 Å². The van der Waals surface area contributed by atoms with Gasteiger partial charge in [0.25, 0.3) is 0 Å². The molecule has 160 valence electrons. The summed E-state index contributed by atoms with van der Waals surface area (Å²) in [7, 11) is 6.38. The second-order valence-electron chi connectivity index (χ2n) is 7.63. The van der Waals surface area contributed by atoms with E-state index in [9.17, 15) is 9.90 Å². The van der Waals surface area contributed by atoms with Crippen LogP contribution in [-0.2, 0) is 11.3 Å². The van der Waals surface area contributed by atoms with E-state index in [0.717, 1.165) is 22.2 Å². The van der Waals surface area contributed by atoms with Crippen LogP contribution in [0.3, 0.4) is 0 Å². The number of carboxylic acids is 1. The van der Waals surface area contributed by atoms with Crippen molar-refractivity contribution in [2.24, 2.45) is 5.41 Å². The molecule has 0 atom stereocenters. The standard InChI is InChI=1S/C23H27NO6/c1-23(2,22(25)26)13-24-18-10-15(28-4)11-21(30-6)17(18)12-19(24)16-9-14(27-3)7-8-20(16)29-5/h7-12H,13H2,1-6H3,(H,25,26). The number of carbonyl (C=O) groups is 1. The summed E-state index contributed by atoms with van der Waals surface area (Å²) in [5.41, 5.74) is 1.38. The van der Waals surface area contributed by atoms with E-state index in [1.165, 1.54) is 0 Å². The van der Waals surface area contributed by atoms with Crippen molar-refractivity contribution < 1.29 is 28.8 Å². The molecule has 0 saturated heterocycles. The molecule has 7 nitrogen and oxygen atoms in total. The smallest absolute Gasteiger partial charge is 0.310 e. The van der Waals surface area contributed by atoms with Gasteiger partial charge < -0.3 is 28.6 Å². The molecule has 3 aromatic rings. The molecule has 0 aliphatic rings. The van der Waals surface area contributed by atoms with E-state index in [4.69, 9.17) is 18.9 Å². The Kier molecular flexibility index (Phi) is 5.82. The average molecular weight is 413 g/mol. The van der Waals surface area contributed by atoms with Gasteiger partial charge in [-0.15, -0.1) is 0 Å². The minimum absolute atomic E-state index is 0.234. The zero-order valence-corrected chi connectivity index (χ0v) is 18.1. The Hall–Kier alpha value is -3.35. The number of ether oxygens (including phenoxy) is 4. The second kappa shape index (κ2) is 8.18. The van der Waals surface area contributed by atoms with E-state index in [0.29, 0.717) is 23.0 Å². The van der Waals surface area contributed by atoms with Gasteiger partial charge in [0.15, 0.2) is 0 Å². The summed E-state index contributed by atoms with van der Waals surface area (Å²) in [4.78, 5) is 11.9. The third-order valence-electron chi connectivity index (χ3n) is 5.23. The molecule has 7 heteroatoms. The van der Waals surface area contributed by atoms with Crippen LogP contribution in [0.1, 0.15) is 13.8 Å². The zero-order valence-electron chi connectivity index (χ0n) is 18.1. The summed E-state index contributed by atoms with van der Waals surface area (Å²) in [5.74, 6) is 1.70. The SMILES string of the molecule is COc1ccc(OC)c(-c2cc3c(OC)cc(OC)cc3n2CC(C)(C)C(=O)O)c1. The van der Waals surface area contributed by atoms with Crippen LogP contribution < -0.4 is 18.9 Å². The van der Waals surface area contributed by atoms with Crippen molar-refractivity contribution in [3.8, 4) is 34.3 Å². The number of hydrogen-bond donors (Lipinski definition) is 1. The average Bonchev–Trinajstić information content (AvgIpc) is 3.09. The summed E-state index contributed by atoms with van der Waals surface area (Å²) >= 11 is 0. The van der Waals surface area contributed by atoms with Crippen LogP contribution in [0.25, 0.3) is 22.2 Å². The van der Waals surface area contributed by atoms with Crippen LogP contribution in [0.15, 0.2) is 36.4 Å². The summed E-state index contributed by atoms with van der Waals surface area (Å²) in [6, 6.07) is 11.2. The molecule has 2 aromatic carbocycles. The van der Waals surface area contributed by atoms with Crippen molar-refractivity contribution in [3.63, 3.8) is 0 Å². The molecule has 0 aliphatic heterocycles. The van der Waals surface area contributed by atoms with Gasteiger partial charge in [-0.05, 0) is 38.1 Å². The number of aromatic nitrogens is 1. The van der Waals surface area contributed by atoms with Crippen LogP contribution in [-0.4, -0.2) is 44.1 Å². The number of methoxy groups -OCH3 is 4. The molecule has 0 bridgehead atoms. The quantitative estimate of drug-likeness (QED) is 0.588. The fourth-order valence-corrected chi connectivity index (χ4v) is 3.46. The number of fused-ring (bicyclic) bond motifs is 1. The minimum atomic E-state index is -1.01. The molecule has 0 radical (unpaired) electrons. The molecule has 30 heavy (non-hydrogen) atoms. The van der Waals surface area contributed by atoms with Crippen LogP contribution in [0, 0.1) is 5.41 Å². The normalized spacial score (nSPS) is 11.4. The first-order valence-corrected chi connectivity index (χ1v) is 9.46. The first kappa shape index (κ1) is 21.4. The van der Waals surface area contributed by atoms with Gasteiger partial charge in [0.05, 0.1) is 45.1 Å². The Bertz CT molecular complexity index is 1080. The molecular formula is C23H27NO6. The van der Waals surface area contributed by atoms with Crippen LogP contribution >= 0.6 is 0 Å². The Labute approximate surface area is 175 Å². The number of carboxylic acid groups (broad SMARTS) is 1. The predicted molar refractivity (Wildman–Crippen MR) is 115 cm³/mol. The second-order valence-corrected chi connectivity index (χ2v) is 7.63. The Morgan fingerprint density at radius 2 is 1.57 bits per heavy atom. The van der Waals surface area contributed by atoms with Crippen molar-refractivity contribution in [2.45, 2.75) is 20.4 Å². The molecule has 1 aromatic heterocycles. The van der Waals surface area contributed by atoms with Gasteiger partial charge in [0.1, 0.15) is 23.0 Å². The Morgan fingerprint density at radius 1 is 0.900 bits per heavy atom. The highest BCUT2D eigenvalue weighted by atomic mass is 16.5. The summed E-state index contributed by atoms with van der Waals surface area (Å²) < 4.78 is 24.0. The van der Waals surface area contributed by atoms with Gasteiger partial charge >= 0.3 is 5.97 Å². The molecule has 0 aliphatic carbocycles. The number of aliphatic carboxylic acids is 1. The molecule has 1 N–H and O–H groups in total. The minimum Gasteiger partial charge on any atom is -0.497 e. The van der Waals surface area contributed by atoms with Crippen LogP contribution in [0.5, 0.6) is 23.0 Å². The largest absolute Gasteiger partial charge is 0.497 e. The topological polar surface area (TPSA) is 79.2 Å². The maximum absolute atomic E-state index is 11.9. The van der Waals surface area contributed by atoms with Crippen molar-refractivity contribution in [2.75, 3.05) is 28.4 Å². The molecule has 0 amide bonds. The maximum atomic E-state index is 11.9. The van der Waals surface area contributed by atoms with Gasteiger partial charge in [0.2, 0.25) is 0 Å². The van der Waals surface area contributed by atoms with E-state index in [-0.39, 0.29) is 6.54 Å². The third-order valence-corrected chi connectivity index (χ3v) is 5.23. The molecule has 0 unspecified atom stereocenters. The van der Waals surface area contributed by atoms with E-state index in [1.807, 2.05) is 41.0 Å². The maximum Gasteiger partial charge on any atom is 0.310 e. The van der Waals surface area contributed by atoms with Gasteiger partial charge in [-0.3, -0.25) is 4.79 Å². The number of rotatable bonds is 8. The lowest BCUT2D eigenvalue weighted by molar-refractivity contribution is -0.147. The first-order chi connectivity index (χ1) is 14.2. The highest BCUT2D eigenvalue weighted by Gasteiger charge is 2.30. The highest BCUT2D eigenvalue weighted by molar-refractivity contribution is 5.94. The lowest BCUT2D eigenvalue weighted by Gasteiger charge is -2.23. The molecule has 1 heterocycles. The Balaban J connectivity index is 2.38. The fraction of sp³-hybridized carbons (Fsp3) is 0.348. The van der Waals surface area contributed by atoms with Crippen molar-refractivity contribution in [3.05, 3.63) is 36.4 Å². The highest BCUT2D eigenvalue weighted by Crippen LogP contribution is 2.42. The number of hydrogen-bond acceptors (Lipinski definition) is 5. The molecule has 3 rings (SSSR count). The monoisotopic (exact) mass is 413 g/mol. The van der Waals surface area contributed by atoms with Crippen LogP contribution in [0.2, 0.25) is 0 Å². The van der Waals surface area contributed by atoms with Gasteiger partial charge in [-0.2, -0.15) is 0 Å². The van der Waals surface area contributed by atoms with Gasteiger partial charge in [-0.25, -0.2) is 0 Å². The lowest BCUT2D eigenvalue weighted by atomic mass is 9.93. The van der Waals surface area contributed by atoms with Crippen molar-refractivity contribution >= 4 is 16.9 Å². The van der Waals surface area contributed by atoms with E-state index in [1.54, 1.807) is 42.3 Å². The summed E-state index contributed by atoms with van der Waals surface area (Å²) in [6.45, 7) is 3.63.